The van der Waals surface area contributed by atoms with Gasteiger partial charge in [0.05, 0.1) is 5.25 Å². The molecule has 0 aliphatic carbocycles. The lowest BCUT2D eigenvalue weighted by Crippen LogP contribution is -2.23. The van der Waals surface area contributed by atoms with Crippen molar-refractivity contribution in [1.82, 2.24) is 15.0 Å². The Labute approximate surface area is 124 Å². The lowest BCUT2D eigenvalue weighted by Gasteiger charge is -2.20. The van der Waals surface area contributed by atoms with E-state index in [1.807, 2.05) is 46.0 Å². The summed E-state index contributed by atoms with van der Waals surface area (Å²) in [5.74, 6) is 0. The average molecular weight is 288 g/mol. The minimum Gasteiger partial charge on any atom is -0.327 e. The van der Waals surface area contributed by atoms with E-state index in [-0.39, 0.29) is 11.3 Å². The molecule has 2 aromatic heterocycles. The van der Waals surface area contributed by atoms with Crippen LogP contribution in [0.25, 0.3) is 0 Å². The van der Waals surface area contributed by atoms with E-state index in [0.717, 1.165) is 27.7 Å². The van der Waals surface area contributed by atoms with Gasteiger partial charge in [-0.05, 0) is 44.9 Å². The first-order chi connectivity index (χ1) is 9.49. The minimum absolute atomic E-state index is 0.00489. The first kappa shape index (κ1) is 14.9. The molecule has 0 aliphatic heterocycles. The highest BCUT2D eigenvalue weighted by Gasteiger charge is 2.20. The van der Waals surface area contributed by atoms with Crippen molar-refractivity contribution in [2.75, 3.05) is 0 Å². The van der Waals surface area contributed by atoms with Crippen LogP contribution < -0.4 is 5.73 Å². The van der Waals surface area contributed by atoms with Gasteiger partial charge in [0, 0.05) is 29.8 Å². The van der Waals surface area contributed by atoms with Crippen molar-refractivity contribution in [3.8, 4) is 0 Å². The highest BCUT2D eigenvalue weighted by atomic mass is 32.2. The maximum atomic E-state index is 6.12. The van der Waals surface area contributed by atoms with Crippen LogP contribution in [0.2, 0.25) is 0 Å². The number of hydrogen-bond donors (Lipinski definition) is 1. The highest BCUT2D eigenvalue weighted by Crippen LogP contribution is 2.35. The van der Waals surface area contributed by atoms with E-state index in [1.165, 1.54) is 0 Å². The van der Waals surface area contributed by atoms with Crippen LogP contribution in [0.1, 0.15) is 34.7 Å². The average Bonchev–Trinajstić information content (AvgIpc) is 2.42. The molecule has 0 amide bonds. The third-order valence-corrected chi connectivity index (χ3v) is 4.68. The lowest BCUT2D eigenvalue weighted by atomic mass is 10.1. The Hall–Kier alpha value is -1.46. The fraction of sp³-hybridized carbons (Fsp3) is 0.400. The molecule has 5 heteroatoms. The lowest BCUT2D eigenvalue weighted by molar-refractivity contribution is 0.714. The maximum Gasteiger partial charge on any atom is 0.188 e. The summed E-state index contributed by atoms with van der Waals surface area (Å²) in [5, 5.41) is 0.877. The van der Waals surface area contributed by atoms with Crippen molar-refractivity contribution in [3.63, 3.8) is 0 Å². The topological polar surface area (TPSA) is 64.7 Å². The van der Waals surface area contributed by atoms with Gasteiger partial charge in [0.1, 0.15) is 0 Å². The zero-order valence-corrected chi connectivity index (χ0v) is 13.1. The van der Waals surface area contributed by atoms with Crippen LogP contribution >= 0.6 is 11.8 Å². The molecular weight excluding hydrogens is 268 g/mol. The largest absolute Gasteiger partial charge is 0.327 e. The summed E-state index contributed by atoms with van der Waals surface area (Å²) in [7, 11) is 0. The van der Waals surface area contributed by atoms with Gasteiger partial charge in [0.25, 0.3) is 0 Å². The van der Waals surface area contributed by atoms with E-state index >= 15 is 0 Å². The van der Waals surface area contributed by atoms with Gasteiger partial charge in [-0.3, -0.25) is 4.98 Å². The van der Waals surface area contributed by atoms with Gasteiger partial charge in [0.2, 0.25) is 0 Å². The predicted molar refractivity (Wildman–Crippen MR) is 82.7 cm³/mol. The van der Waals surface area contributed by atoms with Gasteiger partial charge >= 0.3 is 0 Å². The SMILES string of the molecule is Cc1nc(SC(c2cccnc2)C(C)N)nc(C)c1C. The van der Waals surface area contributed by atoms with Crippen molar-refractivity contribution < 1.29 is 0 Å². The molecule has 4 nitrogen and oxygen atoms in total. The molecule has 0 spiro atoms. The number of aryl methyl sites for hydroxylation is 2. The zero-order valence-electron chi connectivity index (χ0n) is 12.3. The molecule has 0 aliphatic rings. The van der Waals surface area contributed by atoms with E-state index in [4.69, 9.17) is 5.73 Å². The van der Waals surface area contributed by atoms with E-state index in [2.05, 4.69) is 15.0 Å². The summed E-state index contributed by atoms with van der Waals surface area (Å²) in [6.07, 6.45) is 3.62. The maximum absolute atomic E-state index is 6.12. The van der Waals surface area contributed by atoms with Gasteiger partial charge < -0.3 is 5.73 Å². The molecule has 106 valence electrons. The van der Waals surface area contributed by atoms with Crippen molar-refractivity contribution in [1.29, 1.82) is 0 Å². The molecule has 2 atom stereocenters. The molecule has 0 saturated carbocycles. The number of nitrogens with two attached hydrogens (primary N) is 1. The second-order valence-corrected chi connectivity index (χ2v) is 6.09. The fourth-order valence-electron chi connectivity index (χ4n) is 1.93. The molecule has 0 radical (unpaired) electrons. The van der Waals surface area contributed by atoms with Crippen molar-refractivity contribution >= 4 is 11.8 Å². The number of thioether (sulfide) groups is 1. The molecule has 20 heavy (non-hydrogen) atoms. The van der Waals surface area contributed by atoms with E-state index in [9.17, 15) is 0 Å². The van der Waals surface area contributed by atoms with Crippen molar-refractivity contribution in [3.05, 3.63) is 47.0 Å². The van der Waals surface area contributed by atoms with Crippen LogP contribution in [-0.2, 0) is 0 Å². The van der Waals surface area contributed by atoms with Crippen LogP contribution in [-0.4, -0.2) is 21.0 Å². The summed E-state index contributed by atoms with van der Waals surface area (Å²) in [6, 6.07) is 3.97. The second kappa shape index (κ2) is 6.33. The first-order valence-electron chi connectivity index (χ1n) is 6.63. The summed E-state index contributed by atoms with van der Waals surface area (Å²) in [6.45, 7) is 8.07. The Balaban J connectivity index is 2.30. The number of pyridine rings is 1. The predicted octanol–water partition coefficient (Wildman–Crippen LogP) is 2.98. The van der Waals surface area contributed by atoms with E-state index in [0.29, 0.717) is 0 Å². The highest BCUT2D eigenvalue weighted by molar-refractivity contribution is 7.99. The Morgan fingerprint density at radius 3 is 2.30 bits per heavy atom. The number of aromatic nitrogens is 3. The van der Waals surface area contributed by atoms with Crippen LogP contribution in [0.3, 0.4) is 0 Å². The normalized spacial score (nSPS) is 14.1. The zero-order chi connectivity index (χ0) is 14.7. The molecule has 0 fully saturated rings. The summed E-state index contributed by atoms with van der Waals surface area (Å²) in [5.41, 5.74) is 10.4. The molecule has 0 saturated heterocycles. The Morgan fingerprint density at radius 1 is 1.15 bits per heavy atom. The second-order valence-electron chi connectivity index (χ2n) is 4.99. The molecule has 2 N–H and O–H groups in total. The molecule has 2 rings (SSSR count). The van der Waals surface area contributed by atoms with Crippen LogP contribution in [0.15, 0.2) is 29.7 Å². The molecule has 2 aromatic rings. The Kier molecular flexibility index (Phi) is 4.73. The van der Waals surface area contributed by atoms with Crippen molar-refractivity contribution in [2.24, 2.45) is 5.73 Å². The molecule has 2 unspecified atom stereocenters. The quantitative estimate of drug-likeness (QED) is 0.692. The molecule has 2 heterocycles. The Bertz CT molecular complexity index is 561. The molecular formula is C15H20N4S. The number of nitrogens with zero attached hydrogens (tertiary/aromatic N) is 3. The van der Waals surface area contributed by atoms with E-state index < -0.39 is 0 Å². The standard InChI is InChI=1S/C15H20N4S/c1-9-11(3)18-15(19-12(9)4)20-14(10(2)16)13-6-5-7-17-8-13/h5-8,10,14H,16H2,1-4H3. The smallest absolute Gasteiger partial charge is 0.188 e. The third-order valence-electron chi connectivity index (χ3n) is 3.33. The van der Waals surface area contributed by atoms with Gasteiger partial charge in [-0.15, -0.1) is 0 Å². The number of rotatable bonds is 4. The molecule has 0 bridgehead atoms. The van der Waals surface area contributed by atoms with Gasteiger partial charge in [0.15, 0.2) is 5.16 Å². The fourth-order valence-corrected chi connectivity index (χ4v) is 3.03. The third kappa shape index (κ3) is 3.35. The van der Waals surface area contributed by atoms with Crippen LogP contribution in [0.4, 0.5) is 0 Å². The molecule has 0 aromatic carbocycles. The monoisotopic (exact) mass is 288 g/mol. The van der Waals surface area contributed by atoms with Gasteiger partial charge in [-0.2, -0.15) is 0 Å². The van der Waals surface area contributed by atoms with E-state index in [1.54, 1.807) is 18.0 Å². The minimum atomic E-state index is -0.00489. The summed E-state index contributed by atoms with van der Waals surface area (Å²) < 4.78 is 0. The number of hydrogen-bond acceptors (Lipinski definition) is 5. The van der Waals surface area contributed by atoms with Crippen molar-refractivity contribution in [2.45, 2.75) is 44.1 Å². The van der Waals surface area contributed by atoms with Gasteiger partial charge in [-0.1, -0.05) is 17.8 Å². The Morgan fingerprint density at radius 2 is 1.80 bits per heavy atom. The van der Waals surface area contributed by atoms with Crippen LogP contribution in [0, 0.1) is 20.8 Å². The van der Waals surface area contributed by atoms with Crippen LogP contribution in [0.5, 0.6) is 0 Å². The first-order valence-corrected chi connectivity index (χ1v) is 7.51. The summed E-state index contributed by atoms with van der Waals surface area (Å²) >= 11 is 1.60. The summed E-state index contributed by atoms with van der Waals surface area (Å²) in [4.78, 5) is 13.3. The van der Waals surface area contributed by atoms with Gasteiger partial charge in [-0.25, -0.2) is 9.97 Å².